The molecule has 0 aliphatic carbocycles. The molecule has 0 aliphatic rings. The number of hydrogen-bond donors (Lipinski definition) is 0. The van der Waals surface area contributed by atoms with Crippen molar-refractivity contribution in [2.24, 2.45) is 4.99 Å². The largest absolute Gasteiger partial charge is 0.281 e. The molecule has 0 unspecified atom stereocenters. The van der Waals surface area contributed by atoms with Gasteiger partial charge in [0, 0.05) is 7.05 Å². The van der Waals surface area contributed by atoms with Crippen LogP contribution in [-0.4, -0.2) is 11.7 Å². The number of allylic oxidation sites excluding steroid dienone is 2. The summed E-state index contributed by atoms with van der Waals surface area (Å²) in [6.07, 6.45) is 6.41. The molecule has 0 heterocycles. The van der Waals surface area contributed by atoms with Gasteiger partial charge in [-0.3, -0.25) is 4.99 Å². The van der Waals surface area contributed by atoms with Crippen LogP contribution in [-0.2, 0) is 0 Å². The van der Waals surface area contributed by atoms with E-state index in [9.17, 15) is 0 Å². The molecule has 0 spiro atoms. The highest BCUT2D eigenvalue weighted by Gasteiger charge is 1.79. The lowest BCUT2D eigenvalue weighted by molar-refractivity contribution is 0.960. The van der Waals surface area contributed by atoms with E-state index in [1.54, 1.807) is 7.05 Å². The lowest BCUT2D eigenvalue weighted by Gasteiger charge is -1.84. The summed E-state index contributed by atoms with van der Waals surface area (Å²) >= 11 is 3.27. The third-order valence-electron chi connectivity index (χ3n) is 0.924. The minimum absolute atomic E-state index is 0.913. The molecule has 0 aromatic carbocycles. The monoisotopic (exact) mass is 189 g/mol. The van der Waals surface area contributed by atoms with Crippen molar-refractivity contribution in [2.45, 2.75) is 19.8 Å². The fraction of sp³-hybridized carbons (Fsp3) is 0.571. The highest BCUT2D eigenvalue weighted by molar-refractivity contribution is 9.18. The van der Waals surface area contributed by atoms with Crippen LogP contribution in [0.5, 0.6) is 0 Å². The van der Waals surface area contributed by atoms with Crippen molar-refractivity contribution in [2.75, 3.05) is 7.05 Å². The second kappa shape index (κ2) is 6.02. The quantitative estimate of drug-likeness (QED) is 0.606. The predicted octanol–water partition coefficient (Wildman–Crippen LogP) is 2.77. The van der Waals surface area contributed by atoms with Crippen molar-refractivity contribution in [3.63, 3.8) is 0 Å². The summed E-state index contributed by atoms with van der Waals surface area (Å²) in [6.45, 7) is 2.15. The Labute approximate surface area is 65.0 Å². The van der Waals surface area contributed by atoms with Crippen molar-refractivity contribution < 1.29 is 0 Å². The summed E-state index contributed by atoms with van der Waals surface area (Å²) in [4.78, 5) is 3.91. The molecular weight excluding hydrogens is 178 g/mol. The molecule has 2 heteroatoms. The highest BCUT2D eigenvalue weighted by Crippen LogP contribution is 1.94. The van der Waals surface area contributed by atoms with Crippen LogP contribution in [0.25, 0.3) is 0 Å². The zero-order chi connectivity index (χ0) is 7.11. The molecule has 0 radical (unpaired) electrons. The number of hydrogen-bond acceptors (Lipinski definition) is 1. The molecule has 0 N–H and O–H groups in total. The molecule has 0 aliphatic heterocycles. The van der Waals surface area contributed by atoms with Crippen molar-refractivity contribution >= 4 is 20.6 Å². The molecule has 52 valence electrons. The van der Waals surface area contributed by atoms with Gasteiger partial charge in [0.05, 0.1) is 4.62 Å². The number of unbranched alkanes of at least 4 members (excludes halogenated alkanes) is 1. The smallest absolute Gasteiger partial charge is 0.0994 e. The standard InChI is InChI=1S/C7H12BrN/c1-3-4-5-6-7(8)9-2/h5-6H,3-4H2,1-2H3/b6-5-,9-7?. The van der Waals surface area contributed by atoms with Gasteiger partial charge < -0.3 is 0 Å². The fourth-order valence-corrected chi connectivity index (χ4v) is 0.609. The zero-order valence-corrected chi connectivity index (χ0v) is 7.48. The second-order valence-corrected chi connectivity index (χ2v) is 2.55. The Morgan fingerprint density at radius 1 is 1.67 bits per heavy atom. The Kier molecular flexibility index (Phi) is 5.94. The number of aliphatic imine (C=N–C) groups is 1. The van der Waals surface area contributed by atoms with Crippen LogP contribution in [0.15, 0.2) is 17.1 Å². The molecule has 0 fully saturated rings. The van der Waals surface area contributed by atoms with Crippen LogP contribution >= 0.6 is 15.9 Å². The van der Waals surface area contributed by atoms with Crippen molar-refractivity contribution in [1.82, 2.24) is 0 Å². The van der Waals surface area contributed by atoms with Crippen LogP contribution in [0.3, 0.4) is 0 Å². The first-order valence-electron chi connectivity index (χ1n) is 3.10. The first kappa shape index (κ1) is 8.89. The minimum atomic E-state index is 0.913. The van der Waals surface area contributed by atoms with Crippen LogP contribution in [0.1, 0.15) is 19.8 Å². The number of rotatable bonds is 3. The Bertz CT molecular complexity index is 116. The summed E-state index contributed by atoms with van der Waals surface area (Å²) in [5.41, 5.74) is 0. The van der Waals surface area contributed by atoms with Crippen molar-refractivity contribution in [3.05, 3.63) is 12.2 Å². The summed E-state index contributed by atoms with van der Waals surface area (Å²) in [5, 5.41) is 0. The van der Waals surface area contributed by atoms with E-state index in [2.05, 4.69) is 33.9 Å². The van der Waals surface area contributed by atoms with E-state index in [4.69, 9.17) is 0 Å². The van der Waals surface area contributed by atoms with Crippen molar-refractivity contribution in [3.8, 4) is 0 Å². The predicted molar refractivity (Wildman–Crippen MR) is 46.3 cm³/mol. The molecular formula is C7H12BrN. The Hall–Kier alpha value is -0.110. The Morgan fingerprint density at radius 3 is 2.78 bits per heavy atom. The number of halogens is 1. The Morgan fingerprint density at radius 2 is 2.33 bits per heavy atom. The van der Waals surface area contributed by atoms with Gasteiger partial charge in [-0.15, -0.1) is 0 Å². The summed E-state index contributed by atoms with van der Waals surface area (Å²) in [7, 11) is 1.76. The molecule has 0 atom stereocenters. The molecule has 0 rings (SSSR count). The normalized spacial score (nSPS) is 13.0. The summed E-state index contributed by atoms with van der Waals surface area (Å²) in [5.74, 6) is 0. The zero-order valence-electron chi connectivity index (χ0n) is 5.89. The van der Waals surface area contributed by atoms with E-state index in [-0.39, 0.29) is 0 Å². The van der Waals surface area contributed by atoms with Gasteiger partial charge in [0.15, 0.2) is 0 Å². The van der Waals surface area contributed by atoms with Gasteiger partial charge in [0.1, 0.15) is 0 Å². The first-order valence-corrected chi connectivity index (χ1v) is 3.89. The molecule has 0 aromatic heterocycles. The molecule has 0 bridgehead atoms. The van der Waals surface area contributed by atoms with Crippen LogP contribution < -0.4 is 0 Å². The lowest BCUT2D eigenvalue weighted by atomic mass is 10.3. The van der Waals surface area contributed by atoms with Gasteiger partial charge in [0.25, 0.3) is 0 Å². The minimum Gasteiger partial charge on any atom is -0.281 e. The van der Waals surface area contributed by atoms with Gasteiger partial charge in [-0.1, -0.05) is 19.4 Å². The van der Waals surface area contributed by atoms with E-state index in [1.807, 2.05) is 6.08 Å². The molecule has 0 saturated carbocycles. The van der Waals surface area contributed by atoms with Crippen LogP contribution in [0.2, 0.25) is 0 Å². The van der Waals surface area contributed by atoms with Gasteiger partial charge in [0.2, 0.25) is 0 Å². The molecule has 0 amide bonds. The van der Waals surface area contributed by atoms with Gasteiger partial charge >= 0.3 is 0 Å². The molecule has 0 aromatic rings. The average molecular weight is 190 g/mol. The highest BCUT2D eigenvalue weighted by atomic mass is 79.9. The molecule has 0 saturated heterocycles. The summed E-state index contributed by atoms with van der Waals surface area (Å²) in [6, 6.07) is 0. The topological polar surface area (TPSA) is 12.4 Å². The lowest BCUT2D eigenvalue weighted by Crippen LogP contribution is -1.75. The molecule has 9 heavy (non-hydrogen) atoms. The molecule has 1 nitrogen and oxygen atoms in total. The third kappa shape index (κ3) is 5.77. The summed E-state index contributed by atoms with van der Waals surface area (Å²) < 4.78 is 0.913. The Balaban J connectivity index is 3.45. The van der Waals surface area contributed by atoms with E-state index < -0.39 is 0 Å². The maximum absolute atomic E-state index is 3.91. The fourth-order valence-electron chi connectivity index (χ4n) is 0.422. The van der Waals surface area contributed by atoms with Gasteiger partial charge in [-0.2, -0.15) is 0 Å². The maximum Gasteiger partial charge on any atom is 0.0994 e. The van der Waals surface area contributed by atoms with Gasteiger partial charge in [-0.25, -0.2) is 0 Å². The van der Waals surface area contributed by atoms with E-state index in [0.29, 0.717) is 0 Å². The number of nitrogens with zero attached hydrogens (tertiary/aromatic N) is 1. The maximum atomic E-state index is 3.91. The second-order valence-electron chi connectivity index (χ2n) is 1.74. The van der Waals surface area contributed by atoms with E-state index in [1.165, 1.54) is 6.42 Å². The van der Waals surface area contributed by atoms with Crippen LogP contribution in [0, 0.1) is 0 Å². The van der Waals surface area contributed by atoms with Crippen LogP contribution in [0.4, 0.5) is 0 Å². The SMILES string of the molecule is CCC/C=C\C(Br)=NC. The van der Waals surface area contributed by atoms with E-state index in [0.717, 1.165) is 11.0 Å². The van der Waals surface area contributed by atoms with Crippen molar-refractivity contribution in [1.29, 1.82) is 0 Å². The van der Waals surface area contributed by atoms with E-state index >= 15 is 0 Å². The average Bonchev–Trinajstić information content (AvgIpc) is 1.89. The first-order chi connectivity index (χ1) is 4.31. The van der Waals surface area contributed by atoms with Gasteiger partial charge in [-0.05, 0) is 28.4 Å². The third-order valence-corrected chi connectivity index (χ3v) is 1.54.